The van der Waals surface area contributed by atoms with E-state index >= 15 is 0 Å². The maximum atomic E-state index is 13.5. The van der Waals surface area contributed by atoms with Gasteiger partial charge in [0.15, 0.2) is 0 Å². The fraction of sp³-hybridized carbons (Fsp3) is 0. The van der Waals surface area contributed by atoms with Crippen LogP contribution in [0.15, 0.2) is 53.1 Å². The van der Waals surface area contributed by atoms with Gasteiger partial charge in [0, 0.05) is 17.6 Å². The van der Waals surface area contributed by atoms with Crippen molar-refractivity contribution in [2.24, 2.45) is 0 Å². The molecule has 1 heterocycles. The van der Waals surface area contributed by atoms with Gasteiger partial charge in [0.1, 0.15) is 17.3 Å². The number of anilines is 1. The molecule has 0 amide bonds. The van der Waals surface area contributed by atoms with Crippen LogP contribution >= 0.6 is 15.9 Å². The Bertz CT molecular complexity index is 792. The molecule has 0 aliphatic heterocycles. The summed E-state index contributed by atoms with van der Waals surface area (Å²) in [4.78, 5) is 4.23. The van der Waals surface area contributed by atoms with E-state index < -0.39 is 0 Å². The number of nitrogen functional groups attached to an aromatic ring is 1. The fourth-order valence-corrected chi connectivity index (χ4v) is 2.17. The molecule has 0 radical (unpaired) electrons. The van der Waals surface area contributed by atoms with E-state index in [-0.39, 0.29) is 5.82 Å². The summed E-state index contributed by atoms with van der Waals surface area (Å²) >= 11 is 3.11. The van der Waals surface area contributed by atoms with Gasteiger partial charge >= 0.3 is 0 Å². The van der Waals surface area contributed by atoms with Crippen LogP contribution in [0.3, 0.4) is 0 Å². The van der Waals surface area contributed by atoms with Crippen molar-refractivity contribution in [1.29, 1.82) is 0 Å². The topological polar surface area (TPSA) is 48.1 Å². The first-order chi connectivity index (χ1) is 9.65. The van der Waals surface area contributed by atoms with Crippen molar-refractivity contribution < 1.29 is 9.13 Å². The number of rotatable bonds is 2. The third-order valence-electron chi connectivity index (χ3n) is 2.88. The Balaban J connectivity index is 2.06. The first-order valence-corrected chi connectivity index (χ1v) is 6.70. The van der Waals surface area contributed by atoms with Gasteiger partial charge in [-0.25, -0.2) is 4.39 Å². The molecule has 0 saturated carbocycles. The Kier molecular flexibility index (Phi) is 3.28. The summed E-state index contributed by atoms with van der Waals surface area (Å²) in [6.07, 6.45) is 1.67. The minimum absolute atomic E-state index is 0.375. The summed E-state index contributed by atoms with van der Waals surface area (Å²) < 4.78 is 19.6. The Morgan fingerprint density at radius 3 is 2.80 bits per heavy atom. The maximum absolute atomic E-state index is 13.5. The molecule has 0 unspecified atom stereocenters. The van der Waals surface area contributed by atoms with Crippen LogP contribution in [0.4, 0.5) is 10.1 Å². The minimum Gasteiger partial charge on any atom is -0.457 e. The lowest BCUT2D eigenvalue weighted by molar-refractivity contribution is 0.481. The predicted molar refractivity (Wildman–Crippen MR) is 80.3 cm³/mol. The second-order valence-electron chi connectivity index (χ2n) is 4.23. The molecular weight excluding hydrogens is 323 g/mol. The zero-order chi connectivity index (χ0) is 14.1. The molecule has 3 rings (SSSR count). The van der Waals surface area contributed by atoms with Gasteiger partial charge in [0.2, 0.25) is 0 Å². The van der Waals surface area contributed by atoms with E-state index in [1.807, 2.05) is 6.07 Å². The van der Waals surface area contributed by atoms with Gasteiger partial charge in [0.25, 0.3) is 0 Å². The highest BCUT2D eigenvalue weighted by Gasteiger charge is 2.08. The van der Waals surface area contributed by atoms with Crippen molar-refractivity contribution in [3.8, 4) is 11.5 Å². The summed E-state index contributed by atoms with van der Waals surface area (Å²) in [7, 11) is 0. The number of pyridine rings is 1. The third kappa shape index (κ3) is 2.32. The number of hydrogen-bond acceptors (Lipinski definition) is 3. The van der Waals surface area contributed by atoms with E-state index in [4.69, 9.17) is 10.5 Å². The van der Waals surface area contributed by atoms with Crippen LogP contribution in [-0.4, -0.2) is 4.98 Å². The van der Waals surface area contributed by atoms with E-state index in [0.717, 1.165) is 5.39 Å². The van der Waals surface area contributed by atoms with Crippen LogP contribution in [0.2, 0.25) is 0 Å². The average Bonchev–Trinajstić information content (AvgIpc) is 2.46. The second-order valence-corrected chi connectivity index (χ2v) is 5.08. The molecule has 0 bridgehead atoms. The van der Waals surface area contributed by atoms with Crippen molar-refractivity contribution in [3.05, 3.63) is 59.0 Å². The van der Waals surface area contributed by atoms with Crippen LogP contribution < -0.4 is 10.5 Å². The molecule has 0 aliphatic carbocycles. The molecule has 5 heteroatoms. The number of hydrogen-bond donors (Lipinski definition) is 1. The first-order valence-electron chi connectivity index (χ1n) is 5.91. The molecular formula is C15H10BrFN2O. The van der Waals surface area contributed by atoms with Gasteiger partial charge in [-0.3, -0.25) is 4.98 Å². The van der Waals surface area contributed by atoms with Gasteiger partial charge in [0.05, 0.1) is 15.7 Å². The van der Waals surface area contributed by atoms with Crippen LogP contribution in [0.5, 0.6) is 11.5 Å². The van der Waals surface area contributed by atoms with Crippen molar-refractivity contribution in [3.63, 3.8) is 0 Å². The van der Waals surface area contributed by atoms with Crippen molar-refractivity contribution in [1.82, 2.24) is 4.98 Å². The quantitative estimate of drug-likeness (QED) is 0.702. The minimum atomic E-state index is -0.375. The summed E-state index contributed by atoms with van der Waals surface area (Å²) in [6.45, 7) is 0. The fourth-order valence-electron chi connectivity index (χ4n) is 1.92. The van der Waals surface area contributed by atoms with E-state index in [1.165, 1.54) is 6.07 Å². The molecule has 2 N–H and O–H groups in total. The Hall–Kier alpha value is -2.14. The number of benzene rings is 2. The van der Waals surface area contributed by atoms with E-state index in [1.54, 1.807) is 36.5 Å². The lowest BCUT2D eigenvalue weighted by Gasteiger charge is -2.10. The Labute approximate surface area is 123 Å². The van der Waals surface area contributed by atoms with Crippen LogP contribution in [0.1, 0.15) is 0 Å². The highest BCUT2D eigenvalue weighted by Crippen LogP contribution is 2.32. The summed E-state index contributed by atoms with van der Waals surface area (Å²) in [6, 6.07) is 11.7. The number of aromatic nitrogens is 1. The number of fused-ring (bicyclic) bond motifs is 1. The molecule has 0 aliphatic rings. The average molecular weight is 333 g/mol. The van der Waals surface area contributed by atoms with Gasteiger partial charge in [-0.05, 0) is 52.3 Å². The number of halogens is 2. The third-order valence-corrected chi connectivity index (χ3v) is 3.52. The largest absolute Gasteiger partial charge is 0.457 e. The molecule has 2 aromatic carbocycles. The van der Waals surface area contributed by atoms with Crippen LogP contribution in [0.25, 0.3) is 10.9 Å². The monoisotopic (exact) mass is 332 g/mol. The lowest BCUT2D eigenvalue weighted by atomic mass is 10.1. The molecule has 0 spiro atoms. The SMILES string of the molecule is Nc1ccc(Oc2ccc(Br)c(F)c2)c2cccnc12. The van der Waals surface area contributed by atoms with E-state index in [0.29, 0.717) is 27.2 Å². The van der Waals surface area contributed by atoms with Gasteiger partial charge < -0.3 is 10.5 Å². The van der Waals surface area contributed by atoms with E-state index in [2.05, 4.69) is 20.9 Å². The number of nitrogens with zero attached hydrogens (tertiary/aromatic N) is 1. The second kappa shape index (κ2) is 5.09. The highest BCUT2D eigenvalue weighted by atomic mass is 79.9. The van der Waals surface area contributed by atoms with Crippen molar-refractivity contribution >= 4 is 32.5 Å². The Morgan fingerprint density at radius 1 is 1.15 bits per heavy atom. The molecule has 3 nitrogen and oxygen atoms in total. The first kappa shape index (κ1) is 12.9. The zero-order valence-corrected chi connectivity index (χ0v) is 11.9. The normalized spacial score (nSPS) is 10.7. The standard InChI is InChI=1S/C15H10BrFN2O/c16-11-4-3-9(8-12(11)17)20-14-6-5-13(18)15-10(14)2-1-7-19-15/h1-8H,18H2. The zero-order valence-electron chi connectivity index (χ0n) is 10.3. The van der Waals surface area contributed by atoms with Gasteiger partial charge in [-0.1, -0.05) is 0 Å². The highest BCUT2D eigenvalue weighted by molar-refractivity contribution is 9.10. The molecule has 100 valence electrons. The Morgan fingerprint density at radius 2 is 2.00 bits per heavy atom. The molecule has 0 saturated heterocycles. The van der Waals surface area contributed by atoms with Crippen molar-refractivity contribution in [2.75, 3.05) is 5.73 Å². The van der Waals surface area contributed by atoms with Gasteiger partial charge in [-0.15, -0.1) is 0 Å². The molecule has 20 heavy (non-hydrogen) atoms. The predicted octanol–water partition coefficient (Wildman–Crippen LogP) is 4.51. The molecule has 1 aromatic heterocycles. The number of ether oxygens (including phenoxy) is 1. The summed E-state index contributed by atoms with van der Waals surface area (Å²) in [5, 5.41) is 0.788. The van der Waals surface area contributed by atoms with Gasteiger partial charge in [-0.2, -0.15) is 0 Å². The number of nitrogens with two attached hydrogens (primary N) is 1. The smallest absolute Gasteiger partial charge is 0.141 e. The van der Waals surface area contributed by atoms with E-state index in [9.17, 15) is 4.39 Å². The molecule has 3 aromatic rings. The maximum Gasteiger partial charge on any atom is 0.141 e. The lowest BCUT2D eigenvalue weighted by Crippen LogP contribution is -1.92. The van der Waals surface area contributed by atoms with Crippen molar-refractivity contribution in [2.45, 2.75) is 0 Å². The molecule has 0 fully saturated rings. The van der Waals surface area contributed by atoms with Crippen LogP contribution in [0, 0.1) is 5.82 Å². The summed E-state index contributed by atoms with van der Waals surface area (Å²) in [5.41, 5.74) is 7.13. The summed E-state index contributed by atoms with van der Waals surface area (Å²) in [5.74, 6) is 0.630. The molecule has 0 atom stereocenters. The van der Waals surface area contributed by atoms with Crippen LogP contribution in [-0.2, 0) is 0 Å².